The molecule has 10 nitrogen and oxygen atoms in total. The van der Waals surface area contributed by atoms with E-state index in [4.69, 9.17) is 4.74 Å². The van der Waals surface area contributed by atoms with Crippen LogP contribution in [0.1, 0.15) is 103 Å². The average Bonchev–Trinajstić information content (AvgIpc) is 3.44. The molecule has 0 aliphatic heterocycles. The first-order valence-corrected chi connectivity index (χ1v) is 16.9. The first-order valence-electron chi connectivity index (χ1n) is 16.9. The number of rotatable bonds is 17. The largest absolute Gasteiger partial charge is 0.362 e. The molecule has 1 heterocycles. The Hall–Kier alpha value is -3.60. The zero-order valence-electron chi connectivity index (χ0n) is 28.2. The second kappa shape index (κ2) is 17.9. The van der Waals surface area contributed by atoms with Gasteiger partial charge in [0, 0.05) is 37.3 Å². The van der Waals surface area contributed by atoms with E-state index in [0.717, 1.165) is 81.3 Å². The van der Waals surface area contributed by atoms with Gasteiger partial charge in [-0.3, -0.25) is 9.59 Å². The molecule has 0 bridgehead atoms. The highest BCUT2D eigenvalue weighted by atomic mass is 16.5. The van der Waals surface area contributed by atoms with Gasteiger partial charge >= 0.3 is 0 Å². The predicted molar refractivity (Wildman–Crippen MR) is 181 cm³/mol. The van der Waals surface area contributed by atoms with Crippen LogP contribution in [0, 0.1) is 0 Å². The summed E-state index contributed by atoms with van der Waals surface area (Å²) in [5.74, 6) is -0.205. The average molecular weight is 632 g/mol. The Kier molecular flexibility index (Phi) is 13.7. The number of nitrogens with zero attached hydrogens (tertiary/aromatic N) is 3. The molecule has 46 heavy (non-hydrogen) atoms. The molecule has 250 valence electrons. The fourth-order valence-electron chi connectivity index (χ4n) is 5.75. The number of benzene rings is 2. The summed E-state index contributed by atoms with van der Waals surface area (Å²) in [5.41, 5.74) is 6.23. The van der Waals surface area contributed by atoms with Gasteiger partial charge in [-0.05, 0) is 102 Å². The molecule has 4 N–H and O–H groups in total. The maximum Gasteiger partial charge on any atom is 0.251 e. The number of ether oxygens (including phenoxy) is 1. The zero-order valence-corrected chi connectivity index (χ0v) is 28.2. The third kappa shape index (κ3) is 11.0. The van der Waals surface area contributed by atoms with Gasteiger partial charge in [0.15, 0.2) is 0 Å². The summed E-state index contributed by atoms with van der Waals surface area (Å²) >= 11 is 0. The number of aryl methyl sites for hydroxylation is 2. The predicted octanol–water partition coefficient (Wildman–Crippen LogP) is 4.63. The summed E-state index contributed by atoms with van der Waals surface area (Å²) in [6, 6.07) is 16.1. The van der Waals surface area contributed by atoms with Crippen molar-refractivity contribution in [3.05, 3.63) is 82.2 Å². The Morgan fingerprint density at radius 1 is 0.913 bits per heavy atom. The molecule has 0 radical (unpaired) electrons. The summed E-state index contributed by atoms with van der Waals surface area (Å²) in [4.78, 5) is 25.4. The van der Waals surface area contributed by atoms with Gasteiger partial charge in [0.2, 0.25) is 5.91 Å². The van der Waals surface area contributed by atoms with E-state index < -0.39 is 0 Å². The molecule has 1 aliphatic carbocycles. The van der Waals surface area contributed by atoms with Gasteiger partial charge in [0.25, 0.3) is 5.91 Å². The van der Waals surface area contributed by atoms with Gasteiger partial charge in [-0.15, -0.1) is 5.10 Å². The highest BCUT2D eigenvalue weighted by molar-refractivity contribution is 5.94. The Bertz CT molecular complexity index is 1370. The number of amides is 2. The second-order valence-electron chi connectivity index (χ2n) is 13.0. The van der Waals surface area contributed by atoms with E-state index in [9.17, 15) is 9.59 Å². The number of carbonyl (C=O) groups excluding carboxylic acids is 2. The lowest BCUT2D eigenvalue weighted by molar-refractivity contribution is -0.128. The lowest BCUT2D eigenvalue weighted by atomic mass is 9.95. The highest BCUT2D eigenvalue weighted by Gasteiger charge is 2.25. The van der Waals surface area contributed by atoms with E-state index in [2.05, 4.69) is 69.7 Å². The van der Waals surface area contributed by atoms with E-state index >= 15 is 0 Å². The Morgan fingerprint density at radius 3 is 2.35 bits per heavy atom. The second-order valence-corrected chi connectivity index (χ2v) is 13.0. The minimum Gasteiger partial charge on any atom is -0.362 e. The third-order valence-corrected chi connectivity index (χ3v) is 8.85. The number of hydrogen-bond acceptors (Lipinski definition) is 7. The number of fused-ring (bicyclic) bond motifs is 1. The van der Waals surface area contributed by atoms with Crippen molar-refractivity contribution in [2.24, 2.45) is 0 Å². The smallest absolute Gasteiger partial charge is 0.251 e. The van der Waals surface area contributed by atoms with E-state index in [0.29, 0.717) is 25.2 Å². The van der Waals surface area contributed by atoms with Gasteiger partial charge in [0.05, 0.1) is 5.69 Å². The summed E-state index contributed by atoms with van der Waals surface area (Å²) in [7, 11) is 3.92. The van der Waals surface area contributed by atoms with Crippen LogP contribution in [0.2, 0.25) is 0 Å². The van der Waals surface area contributed by atoms with Crippen molar-refractivity contribution in [2.75, 3.05) is 27.2 Å². The zero-order chi connectivity index (χ0) is 32.8. The monoisotopic (exact) mass is 631 g/mol. The molecule has 1 atom stereocenters. The molecule has 0 saturated carbocycles. The van der Waals surface area contributed by atoms with Crippen LogP contribution in [-0.2, 0) is 42.0 Å². The minimum absolute atomic E-state index is 0.0175. The lowest BCUT2D eigenvalue weighted by Crippen LogP contribution is -2.35. The van der Waals surface area contributed by atoms with Crippen molar-refractivity contribution in [3.8, 4) is 0 Å². The van der Waals surface area contributed by atoms with Crippen LogP contribution in [0.25, 0.3) is 0 Å². The molecule has 1 aliphatic rings. The Labute approximate surface area is 274 Å². The number of carbonyl (C=O) groups is 2. The van der Waals surface area contributed by atoms with Gasteiger partial charge in [-0.1, -0.05) is 54.5 Å². The lowest BCUT2D eigenvalue weighted by Gasteiger charge is -2.23. The summed E-state index contributed by atoms with van der Waals surface area (Å²) in [6.07, 6.45) is 8.57. The Balaban J connectivity index is 1.21. The standard InChI is InChI=1S/C36H53N7O3/c1-36(2,38-4)21-8-10-27-17-19-30(20-18-27)35(45)39-22-9-23-43-31-11-6-5-7-12-32(34(31)41-42-43)46-26-33(44)40-25-29-15-13-28(14-16-29)24-37-3/h13-20,32,37-38H,5-12,21-26H2,1-4H3,(H,39,45)(H,40,44). The van der Waals surface area contributed by atoms with Crippen molar-refractivity contribution in [1.29, 1.82) is 0 Å². The fourth-order valence-corrected chi connectivity index (χ4v) is 5.75. The number of hydrogen-bond donors (Lipinski definition) is 4. The van der Waals surface area contributed by atoms with Crippen molar-refractivity contribution >= 4 is 11.8 Å². The van der Waals surface area contributed by atoms with Crippen molar-refractivity contribution in [3.63, 3.8) is 0 Å². The molecule has 0 fully saturated rings. The van der Waals surface area contributed by atoms with E-state index in [-0.39, 0.29) is 30.1 Å². The first kappa shape index (κ1) is 35.3. The highest BCUT2D eigenvalue weighted by Crippen LogP contribution is 2.29. The normalized spacial score (nSPS) is 15.1. The van der Waals surface area contributed by atoms with Crippen LogP contribution >= 0.6 is 0 Å². The fraction of sp³-hybridized carbons (Fsp3) is 0.556. The topological polar surface area (TPSA) is 122 Å². The van der Waals surface area contributed by atoms with Crippen molar-refractivity contribution < 1.29 is 14.3 Å². The van der Waals surface area contributed by atoms with Gasteiger partial charge in [-0.25, -0.2) is 4.68 Å². The molecule has 2 amide bonds. The number of nitrogens with one attached hydrogen (secondary N) is 4. The maximum atomic E-state index is 12.7. The molecule has 0 saturated heterocycles. The van der Waals surface area contributed by atoms with Gasteiger partial charge in [0.1, 0.15) is 18.4 Å². The SMILES string of the molecule is CNCc1ccc(CNC(=O)COC2CCCCCc3c2nnn3CCCNC(=O)c2ccc(CCCC(C)(C)NC)cc2)cc1. The molecular weight excluding hydrogens is 578 g/mol. The summed E-state index contributed by atoms with van der Waals surface area (Å²) in [6.45, 7) is 6.89. The first-order chi connectivity index (χ1) is 22.3. The van der Waals surface area contributed by atoms with Crippen LogP contribution in [-0.4, -0.2) is 59.6 Å². The van der Waals surface area contributed by atoms with Crippen molar-refractivity contribution in [1.82, 2.24) is 36.3 Å². The van der Waals surface area contributed by atoms with Crippen LogP contribution in [0.5, 0.6) is 0 Å². The quantitative estimate of drug-likeness (QED) is 0.160. The number of aromatic nitrogens is 3. The summed E-state index contributed by atoms with van der Waals surface area (Å²) < 4.78 is 8.07. The van der Waals surface area contributed by atoms with E-state index in [1.165, 1.54) is 11.1 Å². The Morgan fingerprint density at radius 2 is 1.63 bits per heavy atom. The molecular formula is C36H53N7O3. The molecule has 10 heteroatoms. The molecule has 2 aromatic carbocycles. The van der Waals surface area contributed by atoms with E-state index in [1.54, 1.807) is 0 Å². The molecule has 1 unspecified atom stereocenters. The maximum absolute atomic E-state index is 12.7. The third-order valence-electron chi connectivity index (χ3n) is 8.85. The molecule has 4 rings (SSSR count). The minimum atomic E-state index is -0.256. The van der Waals surface area contributed by atoms with Crippen LogP contribution in [0.3, 0.4) is 0 Å². The molecule has 0 spiro atoms. The van der Waals surface area contributed by atoms with Crippen LogP contribution in [0.4, 0.5) is 0 Å². The summed E-state index contributed by atoms with van der Waals surface area (Å²) in [5, 5.41) is 21.4. The van der Waals surface area contributed by atoms with Crippen LogP contribution in [0.15, 0.2) is 48.5 Å². The molecule has 1 aromatic heterocycles. The van der Waals surface area contributed by atoms with Crippen molar-refractivity contribution in [2.45, 2.75) is 103 Å². The molecule has 3 aromatic rings. The van der Waals surface area contributed by atoms with Gasteiger partial charge < -0.3 is 26.0 Å². The van der Waals surface area contributed by atoms with Gasteiger partial charge in [-0.2, -0.15) is 0 Å². The van der Waals surface area contributed by atoms with Crippen LogP contribution < -0.4 is 21.3 Å². The van der Waals surface area contributed by atoms with E-state index in [1.807, 2.05) is 43.0 Å².